The van der Waals surface area contributed by atoms with Crippen LogP contribution >= 0.6 is 11.6 Å². The van der Waals surface area contributed by atoms with Crippen molar-refractivity contribution in [3.63, 3.8) is 0 Å². The summed E-state index contributed by atoms with van der Waals surface area (Å²) in [6.45, 7) is 4.49. The molecule has 1 aliphatic heterocycles. The lowest BCUT2D eigenvalue weighted by atomic mass is 10.2. The second-order valence-electron chi connectivity index (χ2n) is 6.89. The summed E-state index contributed by atoms with van der Waals surface area (Å²) in [7, 11) is -3.84. The molecule has 28 heavy (non-hydrogen) atoms. The van der Waals surface area contributed by atoms with Gasteiger partial charge in [0.05, 0.1) is 17.2 Å². The third kappa shape index (κ3) is 4.72. The fourth-order valence-corrected chi connectivity index (χ4v) is 5.28. The molecule has 0 unspecified atom stereocenters. The summed E-state index contributed by atoms with van der Waals surface area (Å²) in [5.41, 5.74) is 1.20. The first-order chi connectivity index (χ1) is 13.3. The Labute approximate surface area is 170 Å². The van der Waals surface area contributed by atoms with Crippen molar-refractivity contribution >= 4 is 27.5 Å². The van der Waals surface area contributed by atoms with Crippen molar-refractivity contribution in [2.75, 3.05) is 13.1 Å². The molecule has 2 aromatic carbocycles. The maximum absolute atomic E-state index is 13.1. The monoisotopic (exact) mass is 422 g/mol. The number of sulfonamides is 1. The van der Waals surface area contributed by atoms with Crippen LogP contribution in [-0.2, 0) is 21.3 Å². The Morgan fingerprint density at radius 1 is 1.14 bits per heavy atom. The molecule has 2 aromatic rings. The standard InChI is InChI=1S/C20H23ClN2O4S/c1-14-12-23(13-15(2)27-14)28(25,26)19-10-17(8-9-18(19)21)20(24)22-11-16-6-4-3-5-7-16/h3-10,14-15H,11-13H2,1-2H3,(H,22,24)/t14-,15-/m0/s1. The number of amides is 1. The van der Waals surface area contributed by atoms with Crippen LogP contribution in [0.25, 0.3) is 0 Å². The van der Waals surface area contributed by atoms with E-state index in [0.29, 0.717) is 6.54 Å². The molecular formula is C20H23ClN2O4S. The molecule has 1 heterocycles. The predicted octanol–water partition coefficient (Wildman–Crippen LogP) is 3.07. The quantitative estimate of drug-likeness (QED) is 0.803. The number of benzene rings is 2. The molecule has 8 heteroatoms. The largest absolute Gasteiger partial charge is 0.373 e. The van der Waals surface area contributed by atoms with E-state index in [1.165, 1.54) is 22.5 Å². The van der Waals surface area contributed by atoms with E-state index in [-0.39, 0.29) is 46.7 Å². The number of carbonyl (C=O) groups excluding carboxylic acids is 1. The van der Waals surface area contributed by atoms with Crippen molar-refractivity contribution in [2.24, 2.45) is 0 Å². The average Bonchev–Trinajstić information content (AvgIpc) is 2.66. The van der Waals surface area contributed by atoms with E-state index in [9.17, 15) is 13.2 Å². The van der Waals surface area contributed by atoms with E-state index < -0.39 is 10.0 Å². The zero-order valence-electron chi connectivity index (χ0n) is 15.8. The molecule has 0 aromatic heterocycles. The van der Waals surface area contributed by atoms with E-state index in [0.717, 1.165) is 5.56 Å². The van der Waals surface area contributed by atoms with Gasteiger partial charge in [0.2, 0.25) is 10.0 Å². The van der Waals surface area contributed by atoms with Gasteiger partial charge in [0.25, 0.3) is 5.91 Å². The number of nitrogens with zero attached hydrogens (tertiary/aromatic N) is 1. The van der Waals surface area contributed by atoms with Gasteiger partial charge in [-0.15, -0.1) is 0 Å². The molecular weight excluding hydrogens is 400 g/mol. The SMILES string of the molecule is C[C@H]1CN(S(=O)(=O)c2cc(C(=O)NCc3ccccc3)ccc2Cl)C[C@H](C)O1. The van der Waals surface area contributed by atoms with Crippen LogP contribution in [0.1, 0.15) is 29.8 Å². The van der Waals surface area contributed by atoms with Crippen molar-refractivity contribution in [2.45, 2.75) is 37.5 Å². The first-order valence-corrected chi connectivity index (χ1v) is 10.9. The van der Waals surface area contributed by atoms with Gasteiger partial charge in [-0.3, -0.25) is 4.79 Å². The number of hydrogen-bond donors (Lipinski definition) is 1. The first kappa shape index (κ1) is 20.8. The van der Waals surface area contributed by atoms with Gasteiger partial charge in [0, 0.05) is 25.2 Å². The smallest absolute Gasteiger partial charge is 0.251 e. The molecule has 0 saturated carbocycles. The molecule has 0 radical (unpaired) electrons. The van der Waals surface area contributed by atoms with Gasteiger partial charge >= 0.3 is 0 Å². The lowest BCUT2D eigenvalue weighted by molar-refractivity contribution is -0.0440. The minimum atomic E-state index is -3.84. The van der Waals surface area contributed by atoms with Crippen LogP contribution in [0, 0.1) is 0 Å². The van der Waals surface area contributed by atoms with Gasteiger partial charge in [-0.05, 0) is 37.6 Å². The van der Waals surface area contributed by atoms with Crippen molar-refractivity contribution in [3.8, 4) is 0 Å². The Kier molecular flexibility index (Phi) is 6.40. The normalized spacial score (nSPS) is 20.7. The summed E-state index contributed by atoms with van der Waals surface area (Å²) in [5.74, 6) is -0.360. The molecule has 1 amide bonds. The van der Waals surface area contributed by atoms with Crippen LogP contribution in [-0.4, -0.2) is 43.9 Å². The predicted molar refractivity (Wildman–Crippen MR) is 108 cm³/mol. The highest BCUT2D eigenvalue weighted by Crippen LogP contribution is 2.28. The fourth-order valence-electron chi connectivity index (χ4n) is 3.19. The molecule has 6 nitrogen and oxygen atoms in total. The molecule has 1 fully saturated rings. The van der Waals surface area contributed by atoms with Gasteiger partial charge in [0.1, 0.15) is 4.90 Å². The van der Waals surface area contributed by atoms with Crippen molar-refractivity contribution in [3.05, 3.63) is 64.7 Å². The molecule has 2 atom stereocenters. The Morgan fingerprint density at radius 3 is 2.43 bits per heavy atom. The average molecular weight is 423 g/mol. The Bertz CT molecular complexity index is 940. The summed E-state index contributed by atoms with van der Waals surface area (Å²) in [6.07, 6.45) is -0.427. The van der Waals surface area contributed by atoms with E-state index in [1.807, 2.05) is 44.2 Å². The third-order valence-electron chi connectivity index (χ3n) is 4.49. The van der Waals surface area contributed by atoms with E-state index in [4.69, 9.17) is 16.3 Å². The van der Waals surface area contributed by atoms with E-state index in [2.05, 4.69) is 5.32 Å². The molecule has 1 N–H and O–H groups in total. The lowest BCUT2D eigenvalue weighted by Gasteiger charge is -2.34. The van der Waals surface area contributed by atoms with Crippen LogP contribution in [0.5, 0.6) is 0 Å². The summed E-state index contributed by atoms with van der Waals surface area (Å²) in [4.78, 5) is 12.4. The molecule has 3 rings (SSSR count). The maximum atomic E-state index is 13.1. The summed E-state index contributed by atoms with van der Waals surface area (Å²) >= 11 is 6.18. The Balaban J connectivity index is 1.81. The van der Waals surface area contributed by atoms with Crippen LogP contribution in [0.2, 0.25) is 5.02 Å². The highest BCUT2D eigenvalue weighted by atomic mass is 35.5. The molecule has 0 aliphatic carbocycles. The maximum Gasteiger partial charge on any atom is 0.251 e. The lowest BCUT2D eigenvalue weighted by Crippen LogP contribution is -2.48. The van der Waals surface area contributed by atoms with Crippen LogP contribution in [0.15, 0.2) is 53.4 Å². The van der Waals surface area contributed by atoms with Gasteiger partial charge in [-0.25, -0.2) is 8.42 Å². The van der Waals surface area contributed by atoms with Crippen molar-refractivity contribution in [1.82, 2.24) is 9.62 Å². The Hall–Kier alpha value is -1.93. The van der Waals surface area contributed by atoms with Crippen molar-refractivity contribution in [1.29, 1.82) is 0 Å². The summed E-state index contributed by atoms with van der Waals surface area (Å²) < 4.78 is 33.2. The first-order valence-electron chi connectivity index (χ1n) is 9.04. The molecule has 150 valence electrons. The van der Waals surface area contributed by atoms with Gasteiger partial charge in [0.15, 0.2) is 0 Å². The number of carbonyl (C=O) groups is 1. The third-order valence-corrected chi connectivity index (χ3v) is 6.81. The van der Waals surface area contributed by atoms with E-state index in [1.54, 1.807) is 0 Å². The number of halogens is 1. The number of ether oxygens (including phenoxy) is 1. The number of hydrogen-bond acceptors (Lipinski definition) is 4. The molecule has 1 saturated heterocycles. The molecule has 0 bridgehead atoms. The second kappa shape index (κ2) is 8.61. The molecule has 1 aliphatic rings. The number of morpholine rings is 1. The summed E-state index contributed by atoms with van der Waals surface area (Å²) in [6, 6.07) is 13.8. The topological polar surface area (TPSA) is 75.7 Å². The van der Waals surface area contributed by atoms with E-state index >= 15 is 0 Å². The summed E-state index contributed by atoms with van der Waals surface area (Å²) in [5, 5.41) is 2.89. The second-order valence-corrected chi connectivity index (χ2v) is 9.21. The minimum Gasteiger partial charge on any atom is -0.373 e. The highest BCUT2D eigenvalue weighted by molar-refractivity contribution is 7.89. The van der Waals surface area contributed by atoms with Crippen molar-refractivity contribution < 1.29 is 17.9 Å². The number of rotatable bonds is 5. The van der Waals surface area contributed by atoms with Crippen LogP contribution in [0.4, 0.5) is 0 Å². The van der Waals surface area contributed by atoms with Gasteiger partial charge in [-0.1, -0.05) is 41.9 Å². The van der Waals surface area contributed by atoms with Gasteiger partial charge < -0.3 is 10.1 Å². The fraction of sp³-hybridized carbons (Fsp3) is 0.350. The minimum absolute atomic E-state index is 0.0668. The Morgan fingerprint density at radius 2 is 1.79 bits per heavy atom. The highest BCUT2D eigenvalue weighted by Gasteiger charge is 2.33. The zero-order chi connectivity index (χ0) is 20.3. The zero-order valence-corrected chi connectivity index (χ0v) is 17.3. The van der Waals surface area contributed by atoms with Crippen LogP contribution in [0.3, 0.4) is 0 Å². The van der Waals surface area contributed by atoms with Gasteiger partial charge in [-0.2, -0.15) is 4.31 Å². The molecule has 0 spiro atoms. The number of nitrogens with one attached hydrogen (secondary N) is 1. The van der Waals surface area contributed by atoms with Crippen LogP contribution < -0.4 is 5.32 Å².